The number of nitrogens with zero attached hydrogens (tertiary/aromatic N) is 1. The number of esters is 1. The number of carbonyl (C=O) groups is 1. The molecule has 1 heterocycles. The van der Waals surface area contributed by atoms with Gasteiger partial charge in [-0.25, -0.2) is 4.79 Å². The molecular formula is C21H22ClNO3. The highest BCUT2D eigenvalue weighted by Gasteiger charge is 2.21. The minimum Gasteiger partial charge on any atom is -0.460 e. The molecule has 2 aromatic carbocycles. The van der Waals surface area contributed by atoms with E-state index in [1.165, 1.54) is 11.6 Å². The molecule has 1 fully saturated rings. The van der Waals surface area contributed by atoms with Crippen LogP contribution < -0.4 is 0 Å². The molecule has 1 atom stereocenters. The van der Waals surface area contributed by atoms with Crippen molar-refractivity contribution in [3.63, 3.8) is 0 Å². The molecule has 3 rings (SSSR count). The largest absolute Gasteiger partial charge is 0.460 e. The van der Waals surface area contributed by atoms with Crippen molar-refractivity contribution in [1.29, 1.82) is 0 Å². The molecule has 0 bridgehead atoms. The van der Waals surface area contributed by atoms with Crippen LogP contribution in [-0.2, 0) is 20.8 Å². The molecule has 0 saturated carbocycles. The smallest absolute Gasteiger partial charge is 0.330 e. The van der Waals surface area contributed by atoms with Gasteiger partial charge in [-0.3, -0.25) is 4.90 Å². The van der Waals surface area contributed by atoms with Gasteiger partial charge >= 0.3 is 5.97 Å². The van der Waals surface area contributed by atoms with Gasteiger partial charge < -0.3 is 9.47 Å². The van der Waals surface area contributed by atoms with Crippen LogP contribution in [0.2, 0.25) is 5.02 Å². The molecule has 0 aliphatic carbocycles. The fourth-order valence-corrected chi connectivity index (χ4v) is 3.06. The van der Waals surface area contributed by atoms with Gasteiger partial charge in [0.25, 0.3) is 0 Å². The molecule has 4 nitrogen and oxygen atoms in total. The van der Waals surface area contributed by atoms with Crippen LogP contribution in [0.5, 0.6) is 0 Å². The Morgan fingerprint density at radius 3 is 2.88 bits per heavy atom. The van der Waals surface area contributed by atoms with Crippen LogP contribution in [0.1, 0.15) is 11.1 Å². The molecule has 0 unspecified atom stereocenters. The second-order valence-electron chi connectivity index (χ2n) is 6.23. The Labute approximate surface area is 159 Å². The Morgan fingerprint density at radius 2 is 2.08 bits per heavy atom. The average molecular weight is 372 g/mol. The molecular weight excluding hydrogens is 350 g/mol. The standard InChI is InChI=1S/C21H22ClNO3/c22-19-8-4-7-17(13-19)9-10-21(24)26-16-20-15-23(11-12-25-20)14-18-5-2-1-3-6-18/h1-10,13,20H,11-12,14-16H2/b10-9+/t20-/m0/s1. The highest BCUT2D eigenvalue weighted by molar-refractivity contribution is 6.30. The maximum absolute atomic E-state index is 11.9. The van der Waals surface area contributed by atoms with Crippen molar-refractivity contribution in [1.82, 2.24) is 4.90 Å². The normalized spacial score (nSPS) is 18.1. The summed E-state index contributed by atoms with van der Waals surface area (Å²) in [6.45, 7) is 3.41. The molecule has 0 aromatic heterocycles. The zero-order chi connectivity index (χ0) is 18.2. The monoisotopic (exact) mass is 371 g/mol. The summed E-state index contributed by atoms with van der Waals surface area (Å²) >= 11 is 5.92. The van der Waals surface area contributed by atoms with Crippen LogP contribution in [0.25, 0.3) is 6.08 Å². The van der Waals surface area contributed by atoms with E-state index in [1.807, 2.05) is 30.3 Å². The van der Waals surface area contributed by atoms with Gasteiger partial charge in [0.15, 0.2) is 0 Å². The van der Waals surface area contributed by atoms with Gasteiger partial charge in [-0.2, -0.15) is 0 Å². The van der Waals surface area contributed by atoms with Gasteiger partial charge in [0.05, 0.1) is 6.61 Å². The third kappa shape index (κ3) is 5.99. The molecule has 1 saturated heterocycles. The number of carbonyl (C=O) groups excluding carboxylic acids is 1. The second-order valence-corrected chi connectivity index (χ2v) is 6.67. The number of rotatable bonds is 6. The number of benzene rings is 2. The van der Waals surface area contributed by atoms with Crippen molar-refractivity contribution in [2.75, 3.05) is 26.3 Å². The van der Waals surface area contributed by atoms with Crippen molar-refractivity contribution in [3.8, 4) is 0 Å². The van der Waals surface area contributed by atoms with Gasteiger partial charge in [0.1, 0.15) is 12.7 Å². The summed E-state index contributed by atoms with van der Waals surface area (Å²) in [6, 6.07) is 17.6. The van der Waals surface area contributed by atoms with Gasteiger partial charge in [-0.05, 0) is 29.3 Å². The maximum Gasteiger partial charge on any atom is 0.330 e. The highest BCUT2D eigenvalue weighted by Crippen LogP contribution is 2.13. The van der Waals surface area contributed by atoms with Crippen LogP contribution >= 0.6 is 11.6 Å². The van der Waals surface area contributed by atoms with Gasteiger partial charge in [-0.15, -0.1) is 0 Å². The van der Waals surface area contributed by atoms with E-state index in [1.54, 1.807) is 18.2 Å². The van der Waals surface area contributed by atoms with Crippen LogP contribution in [0.3, 0.4) is 0 Å². The summed E-state index contributed by atoms with van der Waals surface area (Å²) < 4.78 is 11.0. The third-order valence-corrected chi connectivity index (χ3v) is 4.38. The van der Waals surface area contributed by atoms with E-state index in [4.69, 9.17) is 21.1 Å². The van der Waals surface area contributed by atoms with Crippen molar-refractivity contribution in [2.24, 2.45) is 0 Å². The lowest BCUT2D eigenvalue weighted by Gasteiger charge is -2.32. The van der Waals surface area contributed by atoms with Gasteiger partial charge in [0, 0.05) is 30.7 Å². The fourth-order valence-electron chi connectivity index (χ4n) is 2.86. The lowest BCUT2D eigenvalue weighted by Crippen LogP contribution is -2.44. The molecule has 0 radical (unpaired) electrons. The predicted octanol–water partition coefficient (Wildman–Crippen LogP) is 3.80. The highest BCUT2D eigenvalue weighted by atomic mass is 35.5. The summed E-state index contributed by atoms with van der Waals surface area (Å²) in [6.07, 6.45) is 3.00. The molecule has 136 valence electrons. The van der Waals surface area contributed by atoms with E-state index in [0.29, 0.717) is 11.6 Å². The molecule has 0 amide bonds. The van der Waals surface area contributed by atoms with Crippen LogP contribution in [0, 0.1) is 0 Å². The van der Waals surface area contributed by atoms with Crippen molar-refractivity contribution in [3.05, 3.63) is 76.8 Å². The second kappa shape index (κ2) is 9.53. The van der Waals surface area contributed by atoms with E-state index in [2.05, 4.69) is 17.0 Å². The number of morpholine rings is 1. The first kappa shape index (κ1) is 18.6. The first-order chi connectivity index (χ1) is 12.7. The number of ether oxygens (including phenoxy) is 2. The van der Waals surface area contributed by atoms with Gasteiger partial charge in [-0.1, -0.05) is 54.1 Å². The molecule has 0 N–H and O–H groups in total. The molecule has 5 heteroatoms. The summed E-state index contributed by atoms with van der Waals surface area (Å²) in [4.78, 5) is 14.2. The number of hydrogen-bond donors (Lipinski definition) is 0. The summed E-state index contributed by atoms with van der Waals surface area (Å²) in [5, 5.41) is 0.634. The number of hydrogen-bond acceptors (Lipinski definition) is 4. The maximum atomic E-state index is 11.9. The summed E-state index contributed by atoms with van der Waals surface area (Å²) in [5.74, 6) is -0.381. The Hall–Kier alpha value is -2.14. The molecule has 2 aromatic rings. The number of halogens is 1. The Kier molecular flexibility index (Phi) is 6.83. The summed E-state index contributed by atoms with van der Waals surface area (Å²) in [5.41, 5.74) is 2.13. The SMILES string of the molecule is O=C(/C=C/c1cccc(Cl)c1)OC[C@@H]1CN(Cc2ccccc2)CCO1. The van der Waals surface area contributed by atoms with Crippen molar-refractivity contribution < 1.29 is 14.3 Å². The van der Waals surface area contributed by atoms with E-state index < -0.39 is 0 Å². The van der Waals surface area contributed by atoms with E-state index in [-0.39, 0.29) is 18.7 Å². The third-order valence-electron chi connectivity index (χ3n) is 4.14. The van der Waals surface area contributed by atoms with Crippen molar-refractivity contribution in [2.45, 2.75) is 12.6 Å². The molecule has 26 heavy (non-hydrogen) atoms. The average Bonchev–Trinajstić information content (AvgIpc) is 2.66. The minimum absolute atomic E-state index is 0.101. The van der Waals surface area contributed by atoms with Gasteiger partial charge in [0.2, 0.25) is 0 Å². The Balaban J connectivity index is 1.44. The van der Waals surface area contributed by atoms with E-state index in [9.17, 15) is 4.79 Å². The predicted molar refractivity (Wildman–Crippen MR) is 103 cm³/mol. The Bertz CT molecular complexity index is 748. The van der Waals surface area contributed by atoms with Crippen LogP contribution in [0.4, 0.5) is 0 Å². The molecule has 1 aliphatic rings. The minimum atomic E-state index is -0.381. The molecule has 0 spiro atoms. The zero-order valence-corrected chi connectivity index (χ0v) is 15.3. The Morgan fingerprint density at radius 1 is 1.23 bits per heavy atom. The first-order valence-electron chi connectivity index (χ1n) is 8.67. The van der Waals surface area contributed by atoms with Crippen LogP contribution in [0.15, 0.2) is 60.7 Å². The first-order valence-corrected chi connectivity index (χ1v) is 9.05. The summed E-state index contributed by atoms with van der Waals surface area (Å²) in [7, 11) is 0. The molecule has 1 aliphatic heterocycles. The van der Waals surface area contributed by atoms with Crippen molar-refractivity contribution >= 4 is 23.6 Å². The quantitative estimate of drug-likeness (QED) is 0.572. The van der Waals surface area contributed by atoms with Crippen LogP contribution in [-0.4, -0.2) is 43.3 Å². The lowest BCUT2D eigenvalue weighted by molar-refractivity contribution is -0.144. The van der Waals surface area contributed by atoms with E-state index >= 15 is 0 Å². The lowest BCUT2D eigenvalue weighted by atomic mass is 10.2. The fraction of sp³-hybridized carbons (Fsp3) is 0.286. The zero-order valence-electron chi connectivity index (χ0n) is 14.5. The topological polar surface area (TPSA) is 38.8 Å². The van der Waals surface area contributed by atoms with E-state index in [0.717, 1.165) is 25.2 Å².